The minimum Gasteiger partial charge on any atom is -0.493 e. The van der Waals surface area contributed by atoms with Crippen molar-refractivity contribution in [3.63, 3.8) is 0 Å². The Morgan fingerprint density at radius 2 is 1.76 bits per heavy atom. The second-order valence-corrected chi connectivity index (χ2v) is 9.27. The minimum atomic E-state index is -4.44. The number of hydrogen-bond acceptors (Lipinski definition) is 4. The summed E-state index contributed by atoms with van der Waals surface area (Å²) >= 11 is 5.69. The summed E-state index contributed by atoms with van der Waals surface area (Å²) in [6, 6.07) is 8.38. The van der Waals surface area contributed by atoms with Crippen molar-refractivity contribution < 1.29 is 27.4 Å². The highest BCUT2D eigenvalue weighted by Gasteiger charge is 2.33. The SMILES string of the molecule is COc1cc2c(cc1OC)C(COc1cccc(C(F)(F)F)c1)N(C(=S)NC(C)(C)C)CC2. The van der Waals surface area contributed by atoms with Gasteiger partial charge in [0.1, 0.15) is 12.4 Å². The molecule has 0 bridgehead atoms. The number of fused-ring (bicyclic) bond motifs is 1. The van der Waals surface area contributed by atoms with Gasteiger partial charge in [0.2, 0.25) is 0 Å². The molecule has 0 radical (unpaired) electrons. The van der Waals surface area contributed by atoms with E-state index in [-0.39, 0.29) is 23.9 Å². The highest BCUT2D eigenvalue weighted by molar-refractivity contribution is 7.80. The van der Waals surface area contributed by atoms with E-state index in [2.05, 4.69) is 5.32 Å². The molecule has 1 N–H and O–H groups in total. The third kappa shape index (κ3) is 6.01. The summed E-state index contributed by atoms with van der Waals surface area (Å²) in [5.41, 5.74) is 0.989. The molecule has 0 spiro atoms. The van der Waals surface area contributed by atoms with Crippen LogP contribution in [0.4, 0.5) is 13.2 Å². The topological polar surface area (TPSA) is 43.0 Å². The number of thiocarbonyl (C=S) groups is 1. The Morgan fingerprint density at radius 3 is 2.36 bits per heavy atom. The number of alkyl halides is 3. The Morgan fingerprint density at radius 1 is 1.09 bits per heavy atom. The maximum atomic E-state index is 13.1. The summed E-state index contributed by atoms with van der Waals surface area (Å²) in [5, 5.41) is 3.88. The lowest BCUT2D eigenvalue weighted by Gasteiger charge is -2.41. The molecule has 0 saturated heterocycles. The van der Waals surface area contributed by atoms with E-state index in [4.69, 9.17) is 26.4 Å². The Hall–Kier alpha value is -2.68. The molecule has 0 amide bonds. The van der Waals surface area contributed by atoms with Crippen LogP contribution in [0.1, 0.15) is 43.5 Å². The molecule has 1 unspecified atom stereocenters. The molecule has 0 aromatic heterocycles. The van der Waals surface area contributed by atoms with Crippen LogP contribution in [0, 0.1) is 0 Å². The number of nitrogens with zero attached hydrogens (tertiary/aromatic N) is 1. The first-order valence-corrected chi connectivity index (χ1v) is 11.0. The van der Waals surface area contributed by atoms with Crippen LogP contribution in [0.15, 0.2) is 36.4 Å². The van der Waals surface area contributed by atoms with E-state index >= 15 is 0 Å². The highest BCUT2D eigenvalue weighted by atomic mass is 32.1. The number of benzene rings is 2. The van der Waals surface area contributed by atoms with Crippen LogP contribution < -0.4 is 19.5 Å². The van der Waals surface area contributed by atoms with Crippen molar-refractivity contribution >= 4 is 17.3 Å². The molecule has 1 heterocycles. The third-order valence-electron chi connectivity index (χ3n) is 5.31. The first kappa shape index (κ1) is 25.0. The van der Waals surface area contributed by atoms with E-state index in [1.165, 1.54) is 12.1 Å². The molecule has 2 aromatic carbocycles. The molecule has 9 heteroatoms. The van der Waals surface area contributed by atoms with Crippen molar-refractivity contribution in [2.45, 2.75) is 44.9 Å². The van der Waals surface area contributed by atoms with E-state index in [0.717, 1.165) is 29.7 Å². The molecule has 5 nitrogen and oxygen atoms in total. The maximum absolute atomic E-state index is 13.1. The van der Waals surface area contributed by atoms with Gasteiger partial charge in [-0.3, -0.25) is 0 Å². The monoisotopic (exact) mass is 482 g/mol. The van der Waals surface area contributed by atoms with Crippen LogP contribution in [0.25, 0.3) is 0 Å². The summed E-state index contributed by atoms with van der Waals surface area (Å²) in [5.74, 6) is 1.33. The highest BCUT2D eigenvalue weighted by Crippen LogP contribution is 2.39. The standard InChI is InChI=1S/C24H29F3N2O3S/c1-23(2,3)28-22(33)29-10-9-15-11-20(30-4)21(31-5)13-18(15)19(29)14-32-17-8-6-7-16(12-17)24(25,26)27/h6-8,11-13,19H,9-10,14H2,1-5H3,(H,28,33). The van der Waals surface area contributed by atoms with Gasteiger partial charge in [0, 0.05) is 12.1 Å². The zero-order chi connectivity index (χ0) is 24.4. The number of ether oxygens (including phenoxy) is 3. The summed E-state index contributed by atoms with van der Waals surface area (Å²) in [6.45, 7) is 6.77. The Bertz CT molecular complexity index is 1010. The predicted octanol–water partition coefficient (Wildman–Crippen LogP) is 5.37. The second kappa shape index (κ2) is 9.67. The van der Waals surface area contributed by atoms with E-state index in [1.54, 1.807) is 14.2 Å². The molecular weight excluding hydrogens is 453 g/mol. The van der Waals surface area contributed by atoms with Gasteiger partial charge < -0.3 is 24.4 Å². The van der Waals surface area contributed by atoms with Crippen LogP contribution in [-0.2, 0) is 12.6 Å². The van der Waals surface area contributed by atoms with Crippen molar-refractivity contribution in [3.8, 4) is 17.2 Å². The number of rotatable bonds is 5. The predicted molar refractivity (Wildman–Crippen MR) is 125 cm³/mol. The van der Waals surface area contributed by atoms with Crippen LogP contribution in [0.5, 0.6) is 17.2 Å². The molecule has 180 valence electrons. The van der Waals surface area contributed by atoms with E-state index in [9.17, 15) is 13.2 Å². The maximum Gasteiger partial charge on any atom is 0.416 e. The average Bonchev–Trinajstić information content (AvgIpc) is 2.74. The van der Waals surface area contributed by atoms with Gasteiger partial charge in [0.05, 0.1) is 25.8 Å². The lowest BCUT2D eigenvalue weighted by molar-refractivity contribution is -0.137. The van der Waals surface area contributed by atoms with E-state index < -0.39 is 11.7 Å². The summed E-state index contributed by atoms with van der Waals surface area (Å²) in [7, 11) is 3.14. The average molecular weight is 483 g/mol. The Balaban J connectivity index is 1.95. The van der Waals surface area contributed by atoms with Crippen molar-refractivity contribution in [3.05, 3.63) is 53.1 Å². The van der Waals surface area contributed by atoms with Crippen molar-refractivity contribution in [1.82, 2.24) is 10.2 Å². The van der Waals surface area contributed by atoms with E-state index in [1.807, 2.05) is 37.8 Å². The summed E-state index contributed by atoms with van der Waals surface area (Å²) in [6.07, 6.45) is -3.72. The first-order valence-electron chi connectivity index (χ1n) is 10.6. The molecule has 1 aliphatic heterocycles. The van der Waals surface area contributed by atoms with Crippen molar-refractivity contribution in [1.29, 1.82) is 0 Å². The third-order valence-corrected chi connectivity index (χ3v) is 5.65. The van der Waals surface area contributed by atoms with Gasteiger partial charge >= 0.3 is 6.18 Å². The number of nitrogens with one attached hydrogen (secondary N) is 1. The fraction of sp³-hybridized carbons (Fsp3) is 0.458. The van der Waals surface area contributed by atoms with Gasteiger partial charge in [-0.1, -0.05) is 6.07 Å². The fourth-order valence-electron chi connectivity index (χ4n) is 3.78. The molecular formula is C24H29F3N2O3S. The number of halogens is 3. The fourth-order valence-corrected chi connectivity index (χ4v) is 4.31. The zero-order valence-corrected chi connectivity index (χ0v) is 20.2. The molecule has 0 fully saturated rings. The molecule has 1 aliphatic rings. The van der Waals surface area contributed by atoms with Gasteiger partial charge in [-0.15, -0.1) is 0 Å². The Labute approximate surface area is 197 Å². The second-order valence-electron chi connectivity index (χ2n) is 8.88. The largest absolute Gasteiger partial charge is 0.493 e. The van der Waals surface area contributed by atoms with Gasteiger partial charge in [0.25, 0.3) is 0 Å². The smallest absolute Gasteiger partial charge is 0.416 e. The normalized spacial score (nSPS) is 16.1. The van der Waals surface area contributed by atoms with Gasteiger partial charge in [-0.25, -0.2) is 0 Å². The zero-order valence-electron chi connectivity index (χ0n) is 19.4. The molecule has 3 rings (SSSR count). The quantitative estimate of drug-likeness (QED) is 0.578. The van der Waals surface area contributed by atoms with Gasteiger partial charge in [-0.2, -0.15) is 13.2 Å². The van der Waals surface area contributed by atoms with Crippen molar-refractivity contribution in [2.75, 3.05) is 27.4 Å². The molecule has 33 heavy (non-hydrogen) atoms. The molecule has 2 aromatic rings. The van der Waals surface area contributed by atoms with Crippen molar-refractivity contribution in [2.24, 2.45) is 0 Å². The van der Waals surface area contributed by atoms with Crippen LogP contribution in [0.2, 0.25) is 0 Å². The molecule has 1 atom stereocenters. The minimum absolute atomic E-state index is 0.107. The van der Waals surface area contributed by atoms with Crippen LogP contribution in [-0.4, -0.2) is 42.9 Å². The van der Waals surface area contributed by atoms with E-state index in [0.29, 0.717) is 23.2 Å². The van der Waals surface area contributed by atoms with Gasteiger partial charge in [0.15, 0.2) is 16.6 Å². The Kier molecular flexibility index (Phi) is 7.31. The lowest BCUT2D eigenvalue weighted by Crippen LogP contribution is -2.52. The summed E-state index contributed by atoms with van der Waals surface area (Å²) < 4.78 is 56.2. The number of hydrogen-bond donors (Lipinski definition) is 1. The molecule has 0 saturated carbocycles. The van der Waals surface area contributed by atoms with Gasteiger partial charge in [-0.05, 0) is 80.9 Å². The molecule has 0 aliphatic carbocycles. The van der Waals surface area contributed by atoms with Crippen LogP contribution >= 0.6 is 12.2 Å². The first-order chi connectivity index (χ1) is 15.4. The number of methoxy groups -OCH3 is 2. The van der Waals surface area contributed by atoms with Crippen LogP contribution in [0.3, 0.4) is 0 Å². The lowest BCUT2D eigenvalue weighted by atomic mass is 9.92. The summed E-state index contributed by atoms with van der Waals surface area (Å²) in [4.78, 5) is 2.02.